The van der Waals surface area contributed by atoms with Gasteiger partial charge in [-0.15, -0.1) is 16.1 Å². The number of hydrogen-bond acceptors (Lipinski definition) is 7. The number of sulfone groups is 1. The molecule has 12 heteroatoms. The highest BCUT2D eigenvalue weighted by Crippen LogP contribution is 2.45. The van der Waals surface area contributed by atoms with Gasteiger partial charge in [-0.3, -0.25) is 9.64 Å². The number of nitrogens with zero attached hydrogens (tertiary/aromatic N) is 3. The van der Waals surface area contributed by atoms with Crippen molar-refractivity contribution in [2.45, 2.75) is 74.8 Å². The van der Waals surface area contributed by atoms with Crippen LogP contribution in [0.4, 0.5) is 0 Å². The predicted octanol–water partition coefficient (Wildman–Crippen LogP) is 5.42. The summed E-state index contributed by atoms with van der Waals surface area (Å²) in [5.41, 5.74) is 0.586. The number of likely N-dealkylation sites (tertiary alicyclic amines) is 1. The van der Waals surface area contributed by atoms with E-state index >= 15 is 0 Å². The van der Waals surface area contributed by atoms with Gasteiger partial charge in [-0.25, -0.2) is 28.4 Å². The number of fused-ring (bicyclic) bond motifs is 1. The van der Waals surface area contributed by atoms with Crippen LogP contribution < -0.4 is 4.72 Å². The van der Waals surface area contributed by atoms with E-state index < -0.39 is 25.5 Å². The lowest BCUT2D eigenvalue weighted by molar-refractivity contribution is 0.000299. The Bertz CT molecular complexity index is 1880. The number of nitrogens with one attached hydrogen (secondary N) is 1. The van der Waals surface area contributed by atoms with E-state index in [0.29, 0.717) is 55.1 Å². The van der Waals surface area contributed by atoms with Gasteiger partial charge in [-0.2, -0.15) is 0 Å². The molecule has 1 amide bonds. The second-order valence-corrected chi connectivity index (χ2v) is 18.2. The monoisotopic (exact) mass is 652 g/mol. The zero-order chi connectivity index (χ0) is 30.7. The van der Waals surface area contributed by atoms with Crippen LogP contribution in [0.25, 0.3) is 26.1 Å². The van der Waals surface area contributed by atoms with E-state index in [9.17, 15) is 21.6 Å². The third-order valence-corrected chi connectivity index (χ3v) is 14.3. The summed E-state index contributed by atoms with van der Waals surface area (Å²) < 4.78 is 53.5. The van der Waals surface area contributed by atoms with Crippen LogP contribution in [0.15, 0.2) is 41.3 Å². The Morgan fingerprint density at radius 3 is 2.36 bits per heavy atom. The van der Waals surface area contributed by atoms with Crippen molar-refractivity contribution in [3.63, 3.8) is 0 Å². The van der Waals surface area contributed by atoms with Gasteiger partial charge in [0, 0.05) is 29.5 Å². The van der Waals surface area contributed by atoms with Crippen LogP contribution in [0.1, 0.15) is 73.3 Å². The molecule has 44 heavy (non-hydrogen) atoms. The lowest BCUT2D eigenvalue weighted by Gasteiger charge is -2.51. The van der Waals surface area contributed by atoms with Crippen molar-refractivity contribution in [3.05, 3.63) is 58.5 Å². The fourth-order valence-corrected chi connectivity index (χ4v) is 11.5. The van der Waals surface area contributed by atoms with E-state index in [1.807, 2.05) is 24.3 Å². The van der Waals surface area contributed by atoms with Crippen LogP contribution in [-0.4, -0.2) is 62.9 Å². The molecule has 232 valence electrons. The number of thiazole rings is 1. The number of hydrogen-bond donors (Lipinski definition) is 1. The van der Waals surface area contributed by atoms with Gasteiger partial charge in [0.1, 0.15) is 9.84 Å². The fourth-order valence-electron chi connectivity index (χ4n) is 7.15. The Morgan fingerprint density at radius 1 is 1.02 bits per heavy atom. The molecule has 4 aliphatic rings. The molecule has 1 aromatic heterocycles. The molecule has 2 aliphatic carbocycles. The largest absolute Gasteiger partial charge is 0.335 e. The number of carbonyl (C=O) groups excluding carboxylic acids is 1. The number of carbonyl (C=O) groups is 1. The summed E-state index contributed by atoms with van der Waals surface area (Å²) in [5, 5.41) is 1.77. The minimum Gasteiger partial charge on any atom is -0.335 e. The maximum atomic E-state index is 13.7. The average Bonchev–Trinajstić information content (AvgIpc) is 3.64. The van der Waals surface area contributed by atoms with Crippen LogP contribution in [-0.2, 0) is 26.3 Å². The van der Waals surface area contributed by atoms with Gasteiger partial charge >= 0.3 is 0 Å². The quantitative estimate of drug-likeness (QED) is 0.341. The van der Waals surface area contributed by atoms with Crippen LogP contribution >= 0.6 is 11.3 Å². The molecule has 7 rings (SSSR count). The SMILES string of the molecule is [C-]#[N+]C1(NS(=O)(=O)c2ccc(-c3sc(C(=O)N4CC5(CCS(=O)(=O)CC5)C4)nc3CC3CCCCC3)c3ccccc23)CC1. The molecule has 0 radical (unpaired) electrons. The molecule has 4 fully saturated rings. The molecule has 3 aromatic rings. The Balaban J connectivity index is 1.23. The first-order valence-electron chi connectivity index (χ1n) is 15.5. The average molecular weight is 653 g/mol. The first-order chi connectivity index (χ1) is 21.0. The third-order valence-electron chi connectivity index (χ3n) is 9.99. The molecule has 2 saturated heterocycles. The summed E-state index contributed by atoms with van der Waals surface area (Å²) in [6.45, 7) is 8.56. The molecule has 2 aliphatic heterocycles. The molecule has 9 nitrogen and oxygen atoms in total. The lowest BCUT2D eigenvalue weighted by atomic mass is 9.75. The molecule has 0 bridgehead atoms. The van der Waals surface area contributed by atoms with Crippen molar-refractivity contribution >= 4 is 47.9 Å². The summed E-state index contributed by atoms with van der Waals surface area (Å²) in [6, 6.07) is 10.8. The van der Waals surface area contributed by atoms with Crippen molar-refractivity contribution < 1.29 is 21.6 Å². The molecule has 2 aromatic carbocycles. The van der Waals surface area contributed by atoms with E-state index in [1.165, 1.54) is 30.6 Å². The molecular weight excluding hydrogens is 617 g/mol. The van der Waals surface area contributed by atoms with Gasteiger partial charge < -0.3 is 4.90 Å². The molecule has 0 atom stereocenters. The minimum atomic E-state index is -3.94. The molecule has 3 heterocycles. The maximum Gasteiger partial charge on any atom is 0.299 e. The Kier molecular flexibility index (Phi) is 7.39. The summed E-state index contributed by atoms with van der Waals surface area (Å²) in [5.74, 6) is 0.749. The number of benzene rings is 2. The van der Waals surface area contributed by atoms with Gasteiger partial charge in [0.15, 0.2) is 5.01 Å². The summed E-state index contributed by atoms with van der Waals surface area (Å²) in [6.07, 6.45) is 8.86. The zero-order valence-corrected chi connectivity index (χ0v) is 27.0. The standard InChI is InChI=1S/C32H36N4O5S3/c1-33-32(13-14-32)35-44(40,41)27-12-11-25(23-9-5-6-10-24(23)27)28-26(19-22-7-3-2-4-8-22)34-29(42-28)30(37)36-20-31(21-36)15-17-43(38,39)18-16-31/h5-6,9-12,22,35H,2-4,7-8,13-21H2. The highest BCUT2D eigenvalue weighted by molar-refractivity contribution is 7.91. The summed E-state index contributed by atoms with van der Waals surface area (Å²) in [4.78, 5) is 25.0. The zero-order valence-electron chi connectivity index (χ0n) is 24.5. The fraction of sp³-hybridized carbons (Fsp3) is 0.531. The van der Waals surface area contributed by atoms with E-state index in [-0.39, 0.29) is 27.7 Å². The van der Waals surface area contributed by atoms with Crippen LogP contribution in [0, 0.1) is 17.9 Å². The number of amides is 1. The number of sulfonamides is 1. The summed E-state index contributed by atoms with van der Waals surface area (Å²) >= 11 is 1.37. The molecule has 1 spiro atoms. The molecular formula is C32H36N4O5S3. The van der Waals surface area contributed by atoms with Crippen molar-refractivity contribution in [2.24, 2.45) is 11.3 Å². The number of aromatic nitrogens is 1. The van der Waals surface area contributed by atoms with Crippen molar-refractivity contribution in [3.8, 4) is 10.4 Å². The Labute approximate surface area is 262 Å². The van der Waals surface area contributed by atoms with E-state index in [4.69, 9.17) is 11.6 Å². The topological polar surface area (TPSA) is 118 Å². The van der Waals surface area contributed by atoms with Gasteiger partial charge in [0.05, 0.1) is 39.8 Å². The van der Waals surface area contributed by atoms with Crippen LogP contribution in [0.2, 0.25) is 0 Å². The Morgan fingerprint density at radius 2 is 1.70 bits per heavy atom. The lowest BCUT2D eigenvalue weighted by Crippen LogP contribution is -2.60. The second kappa shape index (κ2) is 10.9. The van der Waals surface area contributed by atoms with E-state index in [2.05, 4.69) is 9.57 Å². The normalized spacial score (nSPS) is 22.4. The Hall–Kier alpha value is -2.85. The minimum absolute atomic E-state index is 0.107. The van der Waals surface area contributed by atoms with Crippen LogP contribution in [0.5, 0.6) is 0 Å². The van der Waals surface area contributed by atoms with Gasteiger partial charge in [0.25, 0.3) is 11.6 Å². The van der Waals surface area contributed by atoms with Crippen molar-refractivity contribution in [2.75, 3.05) is 24.6 Å². The maximum absolute atomic E-state index is 13.7. The molecule has 0 unspecified atom stereocenters. The predicted molar refractivity (Wildman–Crippen MR) is 170 cm³/mol. The van der Waals surface area contributed by atoms with Gasteiger partial charge in [-0.1, -0.05) is 62.4 Å². The van der Waals surface area contributed by atoms with Gasteiger partial charge in [0.2, 0.25) is 10.0 Å². The van der Waals surface area contributed by atoms with E-state index in [0.717, 1.165) is 40.8 Å². The summed E-state index contributed by atoms with van der Waals surface area (Å²) in [7, 11) is -6.91. The molecule has 2 saturated carbocycles. The third kappa shape index (κ3) is 5.57. The van der Waals surface area contributed by atoms with Gasteiger partial charge in [-0.05, 0) is 36.6 Å². The van der Waals surface area contributed by atoms with Crippen molar-refractivity contribution in [1.29, 1.82) is 0 Å². The van der Waals surface area contributed by atoms with E-state index in [1.54, 1.807) is 17.0 Å². The van der Waals surface area contributed by atoms with Crippen molar-refractivity contribution in [1.82, 2.24) is 14.6 Å². The highest BCUT2D eigenvalue weighted by atomic mass is 32.2. The van der Waals surface area contributed by atoms with Crippen LogP contribution in [0.3, 0.4) is 0 Å². The number of rotatable bonds is 7. The smallest absolute Gasteiger partial charge is 0.299 e. The molecule has 1 N–H and O–H groups in total. The highest BCUT2D eigenvalue weighted by Gasteiger charge is 2.54. The second-order valence-electron chi connectivity index (χ2n) is 13.2. The first-order valence-corrected chi connectivity index (χ1v) is 19.6. The first kappa shape index (κ1) is 29.8.